The van der Waals surface area contributed by atoms with Crippen molar-refractivity contribution >= 4 is 28.2 Å². The van der Waals surface area contributed by atoms with Gasteiger partial charge in [0.05, 0.1) is 16.6 Å². The monoisotopic (exact) mass is 332 g/mol. The molecule has 0 spiro atoms. The van der Waals surface area contributed by atoms with E-state index in [4.69, 9.17) is 0 Å². The number of aromatic nitrogens is 2. The highest BCUT2D eigenvalue weighted by Crippen LogP contribution is 2.30. The molecule has 1 aliphatic heterocycles. The normalized spacial score (nSPS) is 15.4. The summed E-state index contributed by atoms with van der Waals surface area (Å²) in [6.07, 6.45) is 1.35. The molecule has 2 aromatic carbocycles. The SMILES string of the molecule is CC(C)N1C(=O)/C(=N/n2cnc3ccccc3c2=O)c2ccccc21. The van der Waals surface area contributed by atoms with Crippen LogP contribution in [-0.4, -0.2) is 27.3 Å². The molecule has 25 heavy (non-hydrogen) atoms. The van der Waals surface area contributed by atoms with Gasteiger partial charge in [0.15, 0.2) is 5.71 Å². The van der Waals surface area contributed by atoms with Crippen molar-refractivity contribution < 1.29 is 4.79 Å². The van der Waals surface area contributed by atoms with Gasteiger partial charge >= 0.3 is 0 Å². The van der Waals surface area contributed by atoms with Gasteiger partial charge in [-0.2, -0.15) is 9.78 Å². The largest absolute Gasteiger partial charge is 0.304 e. The number of nitrogens with zero attached hydrogens (tertiary/aromatic N) is 4. The summed E-state index contributed by atoms with van der Waals surface area (Å²) in [7, 11) is 0. The molecule has 0 N–H and O–H groups in total. The van der Waals surface area contributed by atoms with Crippen LogP contribution in [0.2, 0.25) is 0 Å². The van der Waals surface area contributed by atoms with Gasteiger partial charge < -0.3 is 4.90 Å². The minimum atomic E-state index is -0.300. The van der Waals surface area contributed by atoms with E-state index in [0.29, 0.717) is 10.9 Å². The van der Waals surface area contributed by atoms with E-state index in [1.807, 2.05) is 44.2 Å². The van der Waals surface area contributed by atoms with E-state index < -0.39 is 0 Å². The zero-order valence-electron chi connectivity index (χ0n) is 13.9. The Kier molecular flexibility index (Phi) is 3.46. The number of carbonyl (C=O) groups excluding carboxylic acids is 1. The Morgan fingerprint density at radius 2 is 1.72 bits per heavy atom. The molecule has 6 nitrogen and oxygen atoms in total. The summed E-state index contributed by atoms with van der Waals surface area (Å²) in [5.74, 6) is -0.212. The molecule has 0 saturated heterocycles. The number of anilines is 1. The van der Waals surface area contributed by atoms with Crippen LogP contribution >= 0.6 is 0 Å². The number of amides is 1. The topological polar surface area (TPSA) is 67.6 Å². The van der Waals surface area contributed by atoms with E-state index >= 15 is 0 Å². The van der Waals surface area contributed by atoms with Crippen LogP contribution in [-0.2, 0) is 4.79 Å². The number of carbonyl (C=O) groups is 1. The molecular formula is C19H16N4O2. The average molecular weight is 332 g/mol. The highest BCUT2D eigenvalue weighted by atomic mass is 16.2. The predicted molar refractivity (Wildman–Crippen MR) is 97.0 cm³/mol. The van der Waals surface area contributed by atoms with Crippen LogP contribution < -0.4 is 10.5 Å². The third-order valence-corrected chi connectivity index (χ3v) is 4.21. The zero-order valence-corrected chi connectivity index (χ0v) is 13.9. The molecule has 0 aliphatic carbocycles. The summed E-state index contributed by atoms with van der Waals surface area (Å²) in [6, 6.07) is 14.5. The van der Waals surface area contributed by atoms with Crippen LogP contribution in [0.4, 0.5) is 5.69 Å². The molecule has 0 radical (unpaired) electrons. The molecule has 1 aliphatic rings. The number of fused-ring (bicyclic) bond motifs is 2. The molecule has 0 fully saturated rings. The third kappa shape index (κ3) is 2.34. The fraction of sp³-hybridized carbons (Fsp3) is 0.158. The molecule has 2 heterocycles. The first-order valence-electron chi connectivity index (χ1n) is 8.06. The van der Waals surface area contributed by atoms with E-state index in [-0.39, 0.29) is 23.2 Å². The Bertz CT molecular complexity index is 1080. The molecule has 124 valence electrons. The van der Waals surface area contributed by atoms with E-state index in [0.717, 1.165) is 15.9 Å². The van der Waals surface area contributed by atoms with Crippen LogP contribution in [0.3, 0.4) is 0 Å². The number of hydrogen-bond donors (Lipinski definition) is 0. The molecular weight excluding hydrogens is 316 g/mol. The van der Waals surface area contributed by atoms with Crippen molar-refractivity contribution in [1.29, 1.82) is 0 Å². The zero-order chi connectivity index (χ0) is 17.6. The number of hydrogen-bond acceptors (Lipinski definition) is 4. The van der Waals surface area contributed by atoms with Gasteiger partial charge in [0, 0.05) is 11.6 Å². The number of benzene rings is 2. The smallest absolute Gasteiger partial charge is 0.281 e. The molecule has 4 rings (SSSR count). The molecule has 0 saturated carbocycles. The third-order valence-electron chi connectivity index (χ3n) is 4.21. The second kappa shape index (κ2) is 5.66. The van der Waals surface area contributed by atoms with Crippen molar-refractivity contribution in [2.75, 3.05) is 4.90 Å². The molecule has 3 aromatic rings. The van der Waals surface area contributed by atoms with Gasteiger partial charge in [-0.25, -0.2) is 4.98 Å². The van der Waals surface area contributed by atoms with Crippen molar-refractivity contribution in [3.05, 3.63) is 70.8 Å². The summed E-state index contributed by atoms with van der Waals surface area (Å²) >= 11 is 0. The number of rotatable bonds is 2. The second-order valence-corrected chi connectivity index (χ2v) is 6.15. The van der Waals surface area contributed by atoms with Gasteiger partial charge in [-0.15, -0.1) is 0 Å². The predicted octanol–water partition coefficient (Wildman–Crippen LogP) is 2.40. The summed E-state index contributed by atoms with van der Waals surface area (Å²) in [6.45, 7) is 3.89. The van der Waals surface area contributed by atoms with Crippen LogP contribution in [0.25, 0.3) is 10.9 Å². The van der Waals surface area contributed by atoms with Crippen LogP contribution in [0, 0.1) is 0 Å². The lowest BCUT2D eigenvalue weighted by atomic mass is 10.1. The Morgan fingerprint density at radius 3 is 2.52 bits per heavy atom. The van der Waals surface area contributed by atoms with Crippen LogP contribution in [0.1, 0.15) is 19.4 Å². The van der Waals surface area contributed by atoms with Crippen LogP contribution in [0.5, 0.6) is 0 Å². The molecule has 0 bridgehead atoms. The van der Waals surface area contributed by atoms with Crippen molar-refractivity contribution in [3.63, 3.8) is 0 Å². The lowest BCUT2D eigenvalue weighted by Crippen LogP contribution is -2.36. The standard InChI is InChI=1S/C19H16N4O2/c1-12(2)23-16-10-6-4-8-14(16)17(19(23)25)21-22-11-20-15-9-5-3-7-13(15)18(22)24/h3-12H,1-2H3/b21-17+. The molecule has 0 atom stereocenters. The van der Waals surface area contributed by atoms with Gasteiger partial charge in [-0.3, -0.25) is 9.59 Å². The number of para-hydroxylation sites is 2. The maximum absolute atomic E-state index is 12.8. The Balaban J connectivity index is 1.92. The van der Waals surface area contributed by atoms with Crippen molar-refractivity contribution in [2.45, 2.75) is 19.9 Å². The van der Waals surface area contributed by atoms with Gasteiger partial charge in [0.2, 0.25) is 0 Å². The fourth-order valence-electron chi connectivity index (χ4n) is 3.07. The first-order valence-corrected chi connectivity index (χ1v) is 8.06. The van der Waals surface area contributed by atoms with Gasteiger partial charge in [-0.1, -0.05) is 30.3 Å². The van der Waals surface area contributed by atoms with Gasteiger partial charge in [0.1, 0.15) is 6.33 Å². The van der Waals surface area contributed by atoms with E-state index in [2.05, 4.69) is 10.1 Å². The molecule has 0 unspecified atom stereocenters. The fourth-order valence-corrected chi connectivity index (χ4v) is 3.07. The lowest BCUT2D eigenvalue weighted by Gasteiger charge is -2.20. The maximum Gasteiger partial charge on any atom is 0.281 e. The van der Waals surface area contributed by atoms with Crippen molar-refractivity contribution in [1.82, 2.24) is 9.66 Å². The van der Waals surface area contributed by atoms with E-state index in [9.17, 15) is 9.59 Å². The lowest BCUT2D eigenvalue weighted by molar-refractivity contribution is -0.112. The minimum absolute atomic E-state index is 0.00667. The summed E-state index contributed by atoms with van der Waals surface area (Å²) < 4.78 is 1.14. The van der Waals surface area contributed by atoms with E-state index in [1.165, 1.54) is 6.33 Å². The average Bonchev–Trinajstić information content (AvgIpc) is 2.89. The van der Waals surface area contributed by atoms with E-state index in [1.54, 1.807) is 23.1 Å². The van der Waals surface area contributed by atoms with Crippen molar-refractivity contribution in [3.8, 4) is 0 Å². The van der Waals surface area contributed by atoms with Crippen molar-refractivity contribution in [2.24, 2.45) is 5.10 Å². The Hall–Kier alpha value is -3.28. The highest BCUT2D eigenvalue weighted by molar-refractivity contribution is 6.54. The summed E-state index contributed by atoms with van der Waals surface area (Å²) in [4.78, 5) is 31.4. The van der Waals surface area contributed by atoms with Crippen LogP contribution in [0.15, 0.2) is 64.8 Å². The molecule has 1 aromatic heterocycles. The minimum Gasteiger partial charge on any atom is -0.304 e. The second-order valence-electron chi connectivity index (χ2n) is 6.15. The Labute approximate surface area is 144 Å². The first kappa shape index (κ1) is 15.3. The molecule has 6 heteroatoms. The summed E-state index contributed by atoms with van der Waals surface area (Å²) in [5.41, 5.74) is 2.09. The Morgan fingerprint density at radius 1 is 1.00 bits per heavy atom. The quantitative estimate of drug-likeness (QED) is 0.724. The first-order chi connectivity index (χ1) is 12.1. The van der Waals surface area contributed by atoms with Gasteiger partial charge in [0.25, 0.3) is 11.5 Å². The molecule has 1 amide bonds. The van der Waals surface area contributed by atoms with Gasteiger partial charge in [-0.05, 0) is 32.0 Å². The summed E-state index contributed by atoms with van der Waals surface area (Å²) in [5, 5.41) is 4.80. The maximum atomic E-state index is 12.8. The highest BCUT2D eigenvalue weighted by Gasteiger charge is 2.35.